The first-order valence-corrected chi connectivity index (χ1v) is 6.64. The molecule has 0 fully saturated rings. The summed E-state index contributed by atoms with van der Waals surface area (Å²) >= 11 is 0. The molecule has 86 valence electrons. The van der Waals surface area contributed by atoms with Crippen LogP contribution in [0.4, 0.5) is 5.82 Å². The van der Waals surface area contributed by atoms with Gasteiger partial charge in [0.25, 0.3) is 0 Å². The van der Waals surface area contributed by atoms with E-state index in [0.717, 1.165) is 6.42 Å². The highest BCUT2D eigenvalue weighted by atomic mass is 32.2. The lowest BCUT2D eigenvalue weighted by atomic mass is 10.2. The van der Waals surface area contributed by atoms with E-state index in [9.17, 15) is 4.21 Å². The van der Waals surface area contributed by atoms with Crippen LogP contribution in [0.25, 0.3) is 0 Å². The lowest BCUT2D eigenvalue weighted by molar-refractivity contribution is 0.678. The first kappa shape index (κ1) is 12.6. The van der Waals surface area contributed by atoms with Gasteiger partial charge >= 0.3 is 0 Å². The van der Waals surface area contributed by atoms with Gasteiger partial charge in [-0.15, -0.1) is 5.10 Å². The Morgan fingerprint density at radius 3 is 3.06 bits per heavy atom. The summed E-state index contributed by atoms with van der Waals surface area (Å²) in [6, 6.07) is 3.77. The Hall–Kier alpha value is -1.48. The molecule has 0 amide bonds. The number of rotatable bonds is 5. The number of hydrogen-bond donors (Lipinski definition) is 1. The second-order valence-corrected chi connectivity index (χ2v) is 5.07. The normalized spacial score (nSPS) is 13.8. The molecule has 0 aliphatic heterocycles. The molecule has 0 bridgehead atoms. The molecule has 1 aromatic heterocycles. The minimum absolute atomic E-state index is 0.118. The molecule has 1 heterocycles. The van der Waals surface area contributed by atoms with Crippen molar-refractivity contribution < 1.29 is 4.21 Å². The average Bonchev–Trinajstić information content (AvgIpc) is 2.27. The molecule has 1 rings (SSSR count). The Morgan fingerprint density at radius 1 is 1.69 bits per heavy atom. The fraction of sp³-hybridized carbons (Fsp3) is 0.500. The van der Waals surface area contributed by atoms with Gasteiger partial charge in [0.15, 0.2) is 5.82 Å². The monoisotopic (exact) mass is 238 g/mol. The van der Waals surface area contributed by atoms with Gasteiger partial charge in [-0.2, -0.15) is 10.4 Å². The van der Waals surface area contributed by atoms with Crippen molar-refractivity contribution in [3.8, 4) is 6.07 Å². The topological polar surface area (TPSA) is 78.7 Å². The third-order valence-electron chi connectivity index (χ3n) is 2.06. The maximum Gasteiger partial charge on any atom is 0.166 e. The van der Waals surface area contributed by atoms with E-state index in [1.807, 2.05) is 13.0 Å². The van der Waals surface area contributed by atoms with Crippen LogP contribution in [-0.2, 0) is 10.8 Å². The molecule has 2 atom stereocenters. The van der Waals surface area contributed by atoms with Gasteiger partial charge in [-0.3, -0.25) is 4.21 Å². The third-order valence-corrected chi connectivity index (χ3v) is 2.87. The smallest absolute Gasteiger partial charge is 0.166 e. The molecule has 0 aromatic carbocycles. The van der Waals surface area contributed by atoms with Crippen LogP contribution < -0.4 is 5.32 Å². The van der Waals surface area contributed by atoms with Gasteiger partial charge in [0.1, 0.15) is 6.07 Å². The highest BCUT2D eigenvalue weighted by molar-refractivity contribution is 7.84. The predicted octanol–water partition coefficient (Wildman–Crippen LogP) is 0.917. The van der Waals surface area contributed by atoms with Gasteiger partial charge in [0.2, 0.25) is 0 Å². The van der Waals surface area contributed by atoms with Crippen LogP contribution in [0.2, 0.25) is 0 Å². The first-order valence-electron chi connectivity index (χ1n) is 4.92. The molecule has 0 saturated heterocycles. The van der Waals surface area contributed by atoms with Crippen molar-refractivity contribution >= 4 is 16.6 Å². The van der Waals surface area contributed by atoms with Gasteiger partial charge in [0, 0.05) is 28.9 Å². The zero-order chi connectivity index (χ0) is 12.0. The lowest BCUT2D eigenvalue weighted by Crippen LogP contribution is -2.19. The van der Waals surface area contributed by atoms with Gasteiger partial charge in [-0.25, -0.2) is 0 Å². The highest BCUT2D eigenvalue weighted by Gasteiger charge is 2.08. The fourth-order valence-corrected chi connectivity index (χ4v) is 1.86. The van der Waals surface area contributed by atoms with Crippen LogP contribution in [-0.4, -0.2) is 32.5 Å². The summed E-state index contributed by atoms with van der Waals surface area (Å²) < 4.78 is 10.9. The number of hydrogen-bond acceptors (Lipinski definition) is 5. The van der Waals surface area contributed by atoms with Crippen molar-refractivity contribution in [2.24, 2.45) is 0 Å². The number of nitrogens with one attached hydrogen (secondary N) is 1. The highest BCUT2D eigenvalue weighted by Crippen LogP contribution is 2.10. The first-order chi connectivity index (χ1) is 7.63. The summed E-state index contributed by atoms with van der Waals surface area (Å²) in [6.45, 7) is 1.96. The van der Waals surface area contributed by atoms with Crippen LogP contribution in [0.3, 0.4) is 0 Å². The van der Waals surface area contributed by atoms with Crippen molar-refractivity contribution in [2.45, 2.75) is 19.4 Å². The minimum Gasteiger partial charge on any atom is -0.365 e. The quantitative estimate of drug-likeness (QED) is 0.825. The standard InChI is InChI=1S/C10H14N4OS/c1-8(4-6-16(2)15)13-10-9(7-11)3-5-12-14-10/h3,5,8H,4,6H2,1-2H3,(H,13,14). The molecular formula is C10H14N4OS. The number of aromatic nitrogens is 2. The summed E-state index contributed by atoms with van der Waals surface area (Å²) in [7, 11) is -0.792. The summed E-state index contributed by atoms with van der Waals surface area (Å²) in [5.41, 5.74) is 0.472. The second-order valence-electron chi connectivity index (χ2n) is 3.52. The largest absolute Gasteiger partial charge is 0.365 e. The molecule has 0 aliphatic carbocycles. The van der Waals surface area contributed by atoms with Crippen LogP contribution in [0.1, 0.15) is 18.9 Å². The van der Waals surface area contributed by atoms with Crippen LogP contribution >= 0.6 is 0 Å². The summed E-state index contributed by atoms with van der Waals surface area (Å²) in [5.74, 6) is 1.12. The van der Waals surface area contributed by atoms with Gasteiger partial charge < -0.3 is 5.32 Å². The molecule has 2 unspecified atom stereocenters. The van der Waals surface area contributed by atoms with E-state index in [-0.39, 0.29) is 6.04 Å². The van der Waals surface area contributed by atoms with E-state index in [1.165, 1.54) is 6.20 Å². The number of nitriles is 1. The molecule has 0 saturated carbocycles. The molecule has 16 heavy (non-hydrogen) atoms. The SMILES string of the molecule is CC(CCS(C)=O)Nc1nnccc1C#N. The van der Waals surface area contributed by atoms with E-state index in [4.69, 9.17) is 5.26 Å². The number of anilines is 1. The molecule has 0 spiro atoms. The van der Waals surface area contributed by atoms with E-state index in [2.05, 4.69) is 15.5 Å². The number of nitrogens with zero attached hydrogens (tertiary/aromatic N) is 3. The zero-order valence-electron chi connectivity index (χ0n) is 9.30. The molecule has 0 aliphatic rings. The zero-order valence-corrected chi connectivity index (χ0v) is 10.1. The van der Waals surface area contributed by atoms with Gasteiger partial charge in [-0.05, 0) is 19.4 Å². The molecule has 1 aromatic rings. The Morgan fingerprint density at radius 2 is 2.44 bits per heavy atom. The molecule has 1 N–H and O–H groups in total. The minimum atomic E-state index is -0.792. The van der Waals surface area contributed by atoms with E-state index in [1.54, 1.807) is 12.3 Å². The summed E-state index contributed by atoms with van der Waals surface area (Å²) in [5, 5.41) is 19.5. The predicted molar refractivity (Wildman–Crippen MR) is 63.4 cm³/mol. The Labute approximate surface area is 97.3 Å². The van der Waals surface area contributed by atoms with Crippen molar-refractivity contribution in [1.29, 1.82) is 5.26 Å². The Kier molecular flexibility index (Phi) is 4.86. The van der Waals surface area contributed by atoms with Crippen LogP contribution in [0, 0.1) is 11.3 Å². The van der Waals surface area contributed by atoms with E-state index >= 15 is 0 Å². The maximum absolute atomic E-state index is 10.9. The molecule has 6 heteroatoms. The fourth-order valence-electron chi connectivity index (χ4n) is 1.18. The lowest BCUT2D eigenvalue weighted by Gasteiger charge is -2.13. The summed E-state index contributed by atoms with van der Waals surface area (Å²) in [6.07, 6.45) is 3.93. The second kappa shape index (κ2) is 6.18. The van der Waals surface area contributed by atoms with Gasteiger partial charge in [-0.1, -0.05) is 0 Å². The molecular weight excluding hydrogens is 224 g/mol. The van der Waals surface area contributed by atoms with Crippen molar-refractivity contribution in [3.63, 3.8) is 0 Å². The van der Waals surface area contributed by atoms with Crippen molar-refractivity contribution in [1.82, 2.24) is 10.2 Å². The maximum atomic E-state index is 10.9. The Bertz CT molecular complexity index is 416. The van der Waals surface area contributed by atoms with Crippen LogP contribution in [0.5, 0.6) is 0 Å². The van der Waals surface area contributed by atoms with E-state index < -0.39 is 10.8 Å². The van der Waals surface area contributed by atoms with Crippen molar-refractivity contribution in [2.75, 3.05) is 17.3 Å². The molecule has 0 radical (unpaired) electrons. The van der Waals surface area contributed by atoms with E-state index in [0.29, 0.717) is 17.1 Å². The Balaban J connectivity index is 2.59. The molecule has 5 nitrogen and oxygen atoms in total. The third kappa shape index (κ3) is 3.95. The summed E-state index contributed by atoms with van der Waals surface area (Å²) in [4.78, 5) is 0. The van der Waals surface area contributed by atoms with Crippen LogP contribution in [0.15, 0.2) is 12.3 Å². The van der Waals surface area contributed by atoms with Crippen molar-refractivity contribution in [3.05, 3.63) is 17.8 Å². The average molecular weight is 238 g/mol. The van der Waals surface area contributed by atoms with Gasteiger partial charge in [0.05, 0.1) is 11.8 Å².